The van der Waals surface area contributed by atoms with Gasteiger partial charge in [-0.3, -0.25) is 0 Å². The zero-order valence-electron chi connectivity index (χ0n) is 13.6. The van der Waals surface area contributed by atoms with Crippen LogP contribution in [0, 0.1) is 5.92 Å². The standard InChI is InChI=1S/C19H20BrClO3/c1-12(2)11-17(19(22)23)24-18(13-3-7-15(20)8-4-13)14-5-9-16(21)10-6-14/h3-10,12,17-18H,11H2,1-2H3,(H,22,23)/t17-,18?/m0/s1. The third-order valence-corrected chi connectivity index (χ3v) is 4.39. The molecule has 3 nitrogen and oxygen atoms in total. The molecule has 2 rings (SSSR count). The lowest BCUT2D eigenvalue weighted by Gasteiger charge is -2.24. The Kier molecular flexibility index (Phi) is 6.84. The molecule has 2 aromatic carbocycles. The van der Waals surface area contributed by atoms with Gasteiger partial charge < -0.3 is 9.84 Å². The van der Waals surface area contributed by atoms with Crippen molar-refractivity contribution in [2.45, 2.75) is 32.5 Å². The van der Waals surface area contributed by atoms with Crippen LogP contribution in [0.4, 0.5) is 0 Å². The lowest BCUT2D eigenvalue weighted by Crippen LogP contribution is -2.28. The molecule has 0 aliphatic carbocycles. The van der Waals surface area contributed by atoms with E-state index in [-0.39, 0.29) is 5.92 Å². The largest absolute Gasteiger partial charge is 0.479 e. The summed E-state index contributed by atoms with van der Waals surface area (Å²) in [7, 11) is 0. The van der Waals surface area contributed by atoms with E-state index in [0.717, 1.165) is 15.6 Å². The number of hydrogen-bond donors (Lipinski definition) is 1. The predicted octanol–water partition coefficient (Wildman–Crippen LogP) is 5.71. The van der Waals surface area contributed by atoms with Crippen molar-refractivity contribution in [2.24, 2.45) is 5.92 Å². The fraction of sp³-hybridized carbons (Fsp3) is 0.316. The Morgan fingerprint density at radius 2 is 1.58 bits per heavy atom. The molecule has 0 saturated heterocycles. The molecule has 0 radical (unpaired) electrons. The summed E-state index contributed by atoms with van der Waals surface area (Å²) in [5, 5.41) is 10.1. The van der Waals surface area contributed by atoms with E-state index < -0.39 is 18.2 Å². The summed E-state index contributed by atoms with van der Waals surface area (Å²) in [5.74, 6) is -0.721. The third-order valence-electron chi connectivity index (χ3n) is 3.61. The maximum Gasteiger partial charge on any atom is 0.332 e. The first-order valence-electron chi connectivity index (χ1n) is 7.76. The van der Waals surface area contributed by atoms with Gasteiger partial charge in [0.25, 0.3) is 0 Å². The van der Waals surface area contributed by atoms with Crippen LogP contribution < -0.4 is 0 Å². The molecule has 0 fully saturated rings. The molecular weight excluding hydrogens is 392 g/mol. The number of rotatable bonds is 7. The fourth-order valence-corrected chi connectivity index (χ4v) is 2.82. The minimum Gasteiger partial charge on any atom is -0.479 e. The zero-order valence-corrected chi connectivity index (χ0v) is 15.9. The smallest absolute Gasteiger partial charge is 0.332 e. The minimum absolute atomic E-state index is 0.224. The SMILES string of the molecule is CC(C)C[C@H](OC(c1ccc(Cl)cc1)c1ccc(Br)cc1)C(=O)O. The highest BCUT2D eigenvalue weighted by Crippen LogP contribution is 2.30. The number of aliphatic carboxylic acids is 1. The lowest BCUT2D eigenvalue weighted by molar-refractivity contribution is -0.154. The van der Waals surface area contributed by atoms with Gasteiger partial charge in [-0.05, 0) is 47.7 Å². The van der Waals surface area contributed by atoms with Crippen LogP contribution in [0.5, 0.6) is 0 Å². The van der Waals surface area contributed by atoms with Gasteiger partial charge in [0.05, 0.1) is 0 Å². The van der Waals surface area contributed by atoms with Crippen molar-refractivity contribution in [1.82, 2.24) is 0 Å². The Labute approximate surface area is 155 Å². The topological polar surface area (TPSA) is 46.5 Å². The van der Waals surface area contributed by atoms with Crippen LogP contribution in [0.15, 0.2) is 53.0 Å². The summed E-state index contributed by atoms with van der Waals surface area (Å²) < 4.78 is 6.97. The Bertz CT molecular complexity index is 623. The Hall–Kier alpha value is -1.36. The summed E-state index contributed by atoms with van der Waals surface area (Å²) in [5.41, 5.74) is 1.77. The van der Waals surface area contributed by atoms with Gasteiger partial charge in [0.2, 0.25) is 0 Å². The number of hydrogen-bond acceptors (Lipinski definition) is 2. The van der Waals surface area contributed by atoms with Crippen molar-refractivity contribution in [3.05, 3.63) is 69.2 Å². The zero-order chi connectivity index (χ0) is 17.7. The molecule has 24 heavy (non-hydrogen) atoms. The second-order valence-corrected chi connectivity index (χ2v) is 7.43. The summed E-state index contributed by atoms with van der Waals surface area (Å²) >= 11 is 9.38. The van der Waals surface area contributed by atoms with Crippen LogP contribution in [-0.4, -0.2) is 17.2 Å². The van der Waals surface area contributed by atoms with Gasteiger partial charge in [0.15, 0.2) is 6.10 Å². The van der Waals surface area contributed by atoms with Gasteiger partial charge in [-0.25, -0.2) is 4.79 Å². The normalized spacial score (nSPS) is 13.7. The van der Waals surface area contributed by atoms with Gasteiger partial charge in [0.1, 0.15) is 6.10 Å². The predicted molar refractivity (Wildman–Crippen MR) is 99.4 cm³/mol. The molecular formula is C19H20BrClO3. The summed E-state index contributed by atoms with van der Waals surface area (Å²) in [6.45, 7) is 3.96. The quantitative estimate of drug-likeness (QED) is 0.635. The summed E-state index contributed by atoms with van der Waals surface area (Å²) in [6.07, 6.45) is -0.875. The molecule has 0 aliphatic rings. The average Bonchev–Trinajstić information content (AvgIpc) is 2.53. The van der Waals surface area contributed by atoms with Gasteiger partial charge in [-0.15, -0.1) is 0 Å². The lowest BCUT2D eigenvalue weighted by atomic mass is 10.00. The monoisotopic (exact) mass is 410 g/mol. The molecule has 0 bridgehead atoms. The molecule has 0 aromatic heterocycles. The first kappa shape index (κ1) is 19.0. The molecule has 2 atom stereocenters. The molecule has 5 heteroatoms. The van der Waals surface area contributed by atoms with Crippen molar-refractivity contribution in [2.75, 3.05) is 0 Å². The number of benzene rings is 2. The van der Waals surface area contributed by atoms with E-state index in [0.29, 0.717) is 11.4 Å². The van der Waals surface area contributed by atoms with Crippen LogP contribution in [0.3, 0.4) is 0 Å². The van der Waals surface area contributed by atoms with E-state index in [2.05, 4.69) is 15.9 Å². The molecule has 0 amide bonds. The Balaban J connectivity index is 2.36. The van der Waals surface area contributed by atoms with E-state index in [1.165, 1.54) is 0 Å². The second-order valence-electron chi connectivity index (χ2n) is 6.08. The maximum atomic E-state index is 11.6. The van der Waals surface area contributed by atoms with E-state index in [9.17, 15) is 9.90 Å². The number of carboxylic acid groups (broad SMARTS) is 1. The molecule has 1 unspecified atom stereocenters. The van der Waals surface area contributed by atoms with Crippen LogP contribution in [0.2, 0.25) is 5.02 Å². The van der Waals surface area contributed by atoms with Crippen molar-refractivity contribution in [3.63, 3.8) is 0 Å². The van der Waals surface area contributed by atoms with E-state index in [4.69, 9.17) is 16.3 Å². The highest BCUT2D eigenvalue weighted by atomic mass is 79.9. The number of carbonyl (C=O) groups is 1. The molecule has 0 aliphatic heterocycles. The van der Waals surface area contributed by atoms with Gasteiger partial charge in [-0.1, -0.05) is 65.6 Å². The minimum atomic E-state index is -0.945. The maximum absolute atomic E-state index is 11.6. The number of carboxylic acids is 1. The van der Waals surface area contributed by atoms with Crippen molar-refractivity contribution < 1.29 is 14.6 Å². The molecule has 2 aromatic rings. The molecule has 0 saturated carbocycles. The number of ether oxygens (including phenoxy) is 1. The summed E-state index contributed by atoms with van der Waals surface area (Å²) in [6, 6.07) is 15.0. The Morgan fingerprint density at radius 3 is 2.04 bits per heavy atom. The van der Waals surface area contributed by atoms with Crippen LogP contribution in [-0.2, 0) is 9.53 Å². The van der Waals surface area contributed by atoms with Gasteiger partial charge in [0, 0.05) is 9.50 Å². The highest BCUT2D eigenvalue weighted by Gasteiger charge is 2.26. The Morgan fingerprint density at radius 1 is 1.08 bits per heavy atom. The van der Waals surface area contributed by atoms with E-state index in [1.807, 2.05) is 50.2 Å². The highest BCUT2D eigenvalue weighted by molar-refractivity contribution is 9.10. The van der Waals surface area contributed by atoms with Gasteiger partial charge >= 0.3 is 5.97 Å². The molecule has 1 N–H and O–H groups in total. The molecule has 0 heterocycles. The van der Waals surface area contributed by atoms with Crippen molar-refractivity contribution in [3.8, 4) is 0 Å². The van der Waals surface area contributed by atoms with Crippen LogP contribution >= 0.6 is 27.5 Å². The first-order chi connectivity index (χ1) is 11.4. The van der Waals surface area contributed by atoms with Crippen molar-refractivity contribution in [1.29, 1.82) is 0 Å². The molecule has 0 spiro atoms. The second kappa shape index (κ2) is 8.65. The first-order valence-corrected chi connectivity index (χ1v) is 8.93. The third kappa shape index (κ3) is 5.33. The number of halogens is 2. The van der Waals surface area contributed by atoms with Crippen LogP contribution in [0.25, 0.3) is 0 Å². The fourth-order valence-electron chi connectivity index (χ4n) is 2.43. The van der Waals surface area contributed by atoms with Crippen LogP contribution in [0.1, 0.15) is 37.5 Å². The molecule has 128 valence electrons. The van der Waals surface area contributed by atoms with Gasteiger partial charge in [-0.2, -0.15) is 0 Å². The van der Waals surface area contributed by atoms with E-state index >= 15 is 0 Å². The van der Waals surface area contributed by atoms with Crippen molar-refractivity contribution >= 4 is 33.5 Å². The summed E-state index contributed by atoms with van der Waals surface area (Å²) in [4.78, 5) is 11.6. The average molecular weight is 412 g/mol. The van der Waals surface area contributed by atoms with E-state index in [1.54, 1.807) is 12.1 Å².